The van der Waals surface area contributed by atoms with Gasteiger partial charge in [-0.25, -0.2) is 0 Å². The molecule has 0 fully saturated rings. The van der Waals surface area contributed by atoms with Crippen molar-refractivity contribution in [2.75, 3.05) is 0 Å². The fourth-order valence-corrected chi connectivity index (χ4v) is 2.10. The van der Waals surface area contributed by atoms with E-state index in [4.69, 9.17) is 4.43 Å². The highest BCUT2D eigenvalue weighted by Crippen LogP contribution is 2.10. The zero-order valence-electron chi connectivity index (χ0n) is 7.29. The molecule has 2 atom stereocenters. The molecule has 0 N–H and O–H groups in total. The molecule has 0 saturated heterocycles. The maximum absolute atomic E-state index is 5.67. The summed E-state index contributed by atoms with van der Waals surface area (Å²) in [4.78, 5) is 0. The molecule has 0 rings (SSSR count). The maximum Gasteiger partial charge on any atom is 0.171 e. The molecular formula is C7H18OSSi. The highest BCUT2D eigenvalue weighted by atomic mass is 32.1. The van der Waals surface area contributed by atoms with Gasteiger partial charge < -0.3 is 4.43 Å². The van der Waals surface area contributed by atoms with Gasteiger partial charge in [-0.15, -0.1) is 0 Å². The highest BCUT2D eigenvalue weighted by molar-refractivity contribution is 7.81. The van der Waals surface area contributed by atoms with E-state index in [0.717, 1.165) is 6.42 Å². The van der Waals surface area contributed by atoms with Gasteiger partial charge in [0.05, 0.1) is 6.10 Å². The van der Waals surface area contributed by atoms with E-state index in [1.54, 1.807) is 0 Å². The molecule has 0 aliphatic rings. The second kappa shape index (κ2) is 5.21. The highest BCUT2D eigenvalue weighted by Gasteiger charge is 2.12. The standard InChI is InChI=1S/C7H18OSSi/c1-5-7(9)6(2)8-10(3)4/h6-7,9-10H,5H2,1-4H3. The third-order valence-corrected chi connectivity index (χ3v) is 3.21. The van der Waals surface area contributed by atoms with Crippen LogP contribution < -0.4 is 0 Å². The molecule has 1 nitrogen and oxygen atoms in total. The Bertz CT molecular complexity index is 87.7. The molecule has 0 amide bonds. The van der Waals surface area contributed by atoms with Crippen LogP contribution in [0.1, 0.15) is 20.3 Å². The molecule has 0 saturated carbocycles. The van der Waals surface area contributed by atoms with Crippen molar-refractivity contribution in [2.24, 2.45) is 0 Å². The molecule has 0 bridgehead atoms. The lowest BCUT2D eigenvalue weighted by atomic mass is 10.2. The largest absolute Gasteiger partial charge is 0.417 e. The molecule has 3 heteroatoms. The summed E-state index contributed by atoms with van der Waals surface area (Å²) in [5.41, 5.74) is 0. The lowest BCUT2D eigenvalue weighted by Gasteiger charge is -2.20. The van der Waals surface area contributed by atoms with E-state index in [-0.39, 0.29) is 0 Å². The van der Waals surface area contributed by atoms with Crippen molar-refractivity contribution in [3.05, 3.63) is 0 Å². The van der Waals surface area contributed by atoms with Gasteiger partial charge in [0.25, 0.3) is 0 Å². The Hall–Kier alpha value is 0.527. The Balaban J connectivity index is 3.50. The molecule has 0 aliphatic heterocycles. The minimum absolute atomic E-state index is 0.333. The van der Waals surface area contributed by atoms with Crippen LogP contribution in [0.3, 0.4) is 0 Å². The smallest absolute Gasteiger partial charge is 0.171 e. The fourth-order valence-electron chi connectivity index (χ4n) is 0.852. The molecule has 0 aliphatic carbocycles. The molecule has 0 aromatic carbocycles. The summed E-state index contributed by atoms with van der Waals surface area (Å²) in [6, 6.07) is 0. The third-order valence-electron chi connectivity index (χ3n) is 1.45. The molecule has 2 unspecified atom stereocenters. The van der Waals surface area contributed by atoms with Crippen LogP contribution >= 0.6 is 12.6 Å². The van der Waals surface area contributed by atoms with Crippen molar-refractivity contribution in [2.45, 2.75) is 44.7 Å². The van der Waals surface area contributed by atoms with Gasteiger partial charge in [0, 0.05) is 5.25 Å². The topological polar surface area (TPSA) is 9.23 Å². The first-order valence-corrected chi connectivity index (χ1v) is 7.21. The summed E-state index contributed by atoms with van der Waals surface area (Å²) in [5, 5.41) is 0.412. The van der Waals surface area contributed by atoms with E-state index in [0.29, 0.717) is 11.4 Å². The zero-order valence-corrected chi connectivity index (χ0v) is 9.34. The summed E-state index contributed by atoms with van der Waals surface area (Å²) in [6.45, 7) is 8.62. The van der Waals surface area contributed by atoms with Crippen molar-refractivity contribution in [1.29, 1.82) is 0 Å². The SMILES string of the molecule is CCC(S)C(C)O[SiH](C)C. The van der Waals surface area contributed by atoms with Gasteiger partial charge in [-0.1, -0.05) is 6.92 Å². The predicted octanol–water partition coefficient (Wildman–Crippen LogP) is 2.08. The quantitative estimate of drug-likeness (QED) is 0.512. The molecule has 0 spiro atoms. The molecule has 0 aromatic rings. The van der Waals surface area contributed by atoms with E-state index in [9.17, 15) is 0 Å². The molecule has 0 aromatic heterocycles. The van der Waals surface area contributed by atoms with Crippen molar-refractivity contribution >= 4 is 21.7 Å². The average molecular weight is 178 g/mol. The van der Waals surface area contributed by atoms with E-state index in [2.05, 4.69) is 39.6 Å². The van der Waals surface area contributed by atoms with Crippen molar-refractivity contribution in [3.63, 3.8) is 0 Å². The van der Waals surface area contributed by atoms with E-state index in [1.165, 1.54) is 0 Å². The van der Waals surface area contributed by atoms with Crippen LogP contribution in [0.2, 0.25) is 13.1 Å². The van der Waals surface area contributed by atoms with Gasteiger partial charge in [-0.2, -0.15) is 12.6 Å². The summed E-state index contributed by atoms with van der Waals surface area (Å²) in [7, 11) is -0.847. The molecule has 0 heterocycles. The second-order valence-corrected chi connectivity index (χ2v) is 5.90. The van der Waals surface area contributed by atoms with Crippen LogP contribution in [0.25, 0.3) is 0 Å². The van der Waals surface area contributed by atoms with Gasteiger partial charge in [0.15, 0.2) is 9.04 Å². The van der Waals surface area contributed by atoms with Gasteiger partial charge in [-0.05, 0) is 26.4 Å². The minimum Gasteiger partial charge on any atom is -0.417 e. The maximum atomic E-state index is 5.67. The third kappa shape index (κ3) is 4.36. The van der Waals surface area contributed by atoms with E-state index < -0.39 is 9.04 Å². The Labute approximate surface area is 71.3 Å². The lowest BCUT2D eigenvalue weighted by molar-refractivity contribution is 0.220. The second-order valence-electron chi connectivity index (χ2n) is 2.87. The first-order valence-electron chi connectivity index (χ1n) is 3.91. The fraction of sp³-hybridized carbons (Fsp3) is 1.00. The van der Waals surface area contributed by atoms with Crippen LogP contribution in [0.4, 0.5) is 0 Å². The zero-order chi connectivity index (χ0) is 8.15. The Morgan fingerprint density at radius 2 is 2.00 bits per heavy atom. The molecule has 62 valence electrons. The molecular weight excluding hydrogens is 160 g/mol. The van der Waals surface area contributed by atoms with Crippen LogP contribution in [-0.2, 0) is 4.43 Å². The number of thiol groups is 1. The predicted molar refractivity (Wildman–Crippen MR) is 52.5 cm³/mol. The van der Waals surface area contributed by atoms with Crippen molar-refractivity contribution in [3.8, 4) is 0 Å². The summed E-state index contributed by atoms with van der Waals surface area (Å²) >= 11 is 4.40. The molecule has 0 radical (unpaired) electrons. The first-order chi connectivity index (χ1) is 4.57. The van der Waals surface area contributed by atoms with Gasteiger partial charge in [0.2, 0.25) is 0 Å². The Morgan fingerprint density at radius 1 is 1.50 bits per heavy atom. The summed E-state index contributed by atoms with van der Waals surface area (Å²) in [5.74, 6) is 0. The van der Waals surface area contributed by atoms with Crippen LogP contribution in [-0.4, -0.2) is 20.4 Å². The lowest BCUT2D eigenvalue weighted by Crippen LogP contribution is -2.25. The Morgan fingerprint density at radius 3 is 2.30 bits per heavy atom. The monoisotopic (exact) mass is 178 g/mol. The van der Waals surface area contributed by atoms with Crippen LogP contribution in [0.5, 0.6) is 0 Å². The van der Waals surface area contributed by atoms with Gasteiger partial charge >= 0.3 is 0 Å². The minimum atomic E-state index is -0.847. The molecule has 10 heavy (non-hydrogen) atoms. The number of hydrogen-bond donors (Lipinski definition) is 1. The average Bonchev–Trinajstić information content (AvgIpc) is 1.85. The van der Waals surface area contributed by atoms with Gasteiger partial charge in [0.1, 0.15) is 0 Å². The van der Waals surface area contributed by atoms with E-state index in [1.807, 2.05) is 0 Å². The van der Waals surface area contributed by atoms with Crippen molar-refractivity contribution in [1.82, 2.24) is 0 Å². The van der Waals surface area contributed by atoms with Crippen molar-refractivity contribution < 1.29 is 4.43 Å². The number of hydrogen-bond acceptors (Lipinski definition) is 2. The van der Waals surface area contributed by atoms with E-state index >= 15 is 0 Å². The number of rotatable bonds is 4. The summed E-state index contributed by atoms with van der Waals surface area (Å²) < 4.78 is 5.67. The Kier molecular flexibility index (Phi) is 5.49. The first kappa shape index (κ1) is 10.5. The normalized spacial score (nSPS) is 17.4. The van der Waals surface area contributed by atoms with Crippen LogP contribution in [0.15, 0.2) is 0 Å². The van der Waals surface area contributed by atoms with Crippen LogP contribution in [0, 0.1) is 0 Å². The summed E-state index contributed by atoms with van der Waals surface area (Å²) in [6.07, 6.45) is 1.42. The van der Waals surface area contributed by atoms with Gasteiger partial charge in [-0.3, -0.25) is 0 Å².